The van der Waals surface area contributed by atoms with Crippen molar-refractivity contribution < 1.29 is 0 Å². The highest BCUT2D eigenvalue weighted by Gasteiger charge is 2.56. The van der Waals surface area contributed by atoms with Crippen LogP contribution < -0.4 is 5.19 Å². The van der Waals surface area contributed by atoms with Crippen LogP contribution in [0.2, 0.25) is 18.6 Å². The smallest absolute Gasteiger partial charge is 0.0652 e. The van der Waals surface area contributed by atoms with Crippen LogP contribution in [0, 0.1) is 6.92 Å². The molecular weight excluding hydrogens is 280 g/mol. The first-order valence-electron chi connectivity index (χ1n) is 9.20. The van der Waals surface area contributed by atoms with E-state index in [1.165, 1.54) is 31.4 Å². The summed E-state index contributed by atoms with van der Waals surface area (Å²) in [5.74, 6) is 0. The lowest BCUT2D eigenvalue weighted by atomic mass is 9.60. The van der Waals surface area contributed by atoms with Gasteiger partial charge in [-0.1, -0.05) is 58.5 Å². The molecular formula is C21H32Si. The summed E-state index contributed by atoms with van der Waals surface area (Å²) in [4.78, 5) is 0. The molecule has 120 valence electrons. The van der Waals surface area contributed by atoms with Crippen LogP contribution in [0.15, 0.2) is 6.07 Å². The molecule has 2 aliphatic heterocycles. The summed E-state index contributed by atoms with van der Waals surface area (Å²) in [7, 11) is -1.27. The van der Waals surface area contributed by atoms with Gasteiger partial charge in [0.1, 0.15) is 0 Å². The quantitative estimate of drug-likeness (QED) is 0.570. The zero-order valence-corrected chi connectivity index (χ0v) is 16.6. The van der Waals surface area contributed by atoms with Gasteiger partial charge in [-0.25, -0.2) is 0 Å². The van der Waals surface area contributed by atoms with E-state index in [1.807, 2.05) is 10.8 Å². The van der Waals surface area contributed by atoms with Crippen LogP contribution in [0.4, 0.5) is 0 Å². The molecule has 1 aliphatic carbocycles. The fourth-order valence-corrected chi connectivity index (χ4v) is 12.5. The van der Waals surface area contributed by atoms with Gasteiger partial charge in [0.25, 0.3) is 0 Å². The van der Waals surface area contributed by atoms with Crippen LogP contribution in [0.5, 0.6) is 0 Å². The molecule has 2 unspecified atom stereocenters. The summed E-state index contributed by atoms with van der Waals surface area (Å²) in [5.41, 5.74) is 8.16. The minimum Gasteiger partial charge on any atom is -0.0652 e. The summed E-state index contributed by atoms with van der Waals surface area (Å²) < 4.78 is 0. The Morgan fingerprint density at radius 3 is 2.27 bits per heavy atom. The number of aryl methyl sites for hydroxylation is 1. The van der Waals surface area contributed by atoms with Crippen molar-refractivity contribution in [2.75, 3.05) is 0 Å². The van der Waals surface area contributed by atoms with E-state index in [9.17, 15) is 0 Å². The molecule has 1 heteroatoms. The average Bonchev–Trinajstić information content (AvgIpc) is 2.61. The van der Waals surface area contributed by atoms with Crippen LogP contribution >= 0.6 is 0 Å². The third kappa shape index (κ3) is 1.64. The van der Waals surface area contributed by atoms with Gasteiger partial charge in [0, 0.05) is 0 Å². The topological polar surface area (TPSA) is 0 Å². The first-order valence-corrected chi connectivity index (χ1v) is 12.1. The van der Waals surface area contributed by atoms with Gasteiger partial charge in [-0.05, 0) is 70.7 Å². The maximum atomic E-state index is 2.70. The second-order valence-electron chi connectivity index (χ2n) is 10.4. The van der Waals surface area contributed by atoms with E-state index in [0.29, 0.717) is 16.2 Å². The Morgan fingerprint density at radius 2 is 1.59 bits per heavy atom. The molecule has 0 N–H and O–H groups in total. The maximum absolute atomic E-state index is 2.70. The molecule has 3 aliphatic rings. The van der Waals surface area contributed by atoms with Crippen LogP contribution in [0.1, 0.15) is 76.1 Å². The van der Waals surface area contributed by atoms with Crippen molar-refractivity contribution in [2.24, 2.45) is 0 Å². The van der Waals surface area contributed by atoms with E-state index in [4.69, 9.17) is 0 Å². The van der Waals surface area contributed by atoms with Crippen molar-refractivity contribution in [3.8, 4) is 0 Å². The fourth-order valence-electron chi connectivity index (χ4n) is 6.47. The third-order valence-electron chi connectivity index (χ3n) is 7.50. The van der Waals surface area contributed by atoms with Crippen molar-refractivity contribution in [1.82, 2.24) is 0 Å². The third-order valence-corrected chi connectivity index (χ3v) is 12.2. The van der Waals surface area contributed by atoms with Gasteiger partial charge in [0.15, 0.2) is 0 Å². The Bertz CT molecular complexity index is 682. The molecule has 0 fully saturated rings. The maximum Gasteiger partial charge on any atom is 0.0853 e. The van der Waals surface area contributed by atoms with Crippen molar-refractivity contribution in [3.63, 3.8) is 0 Å². The standard InChI is InChI=1S/C21H32Si/c1-14-12-15-17-18-16(14)20(4,5)13-22(18,7)11-10-21(17,6)9-8-19(15,2)3/h12H,8-11,13H2,1-7H3. The molecule has 22 heavy (non-hydrogen) atoms. The molecule has 2 heterocycles. The Hall–Kier alpha value is -0.563. The lowest BCUT2D eigenvalue weighted by Gasteiger charge is -2.50. The van der Waals surface area contributed by atoms with Gasteiger partial charge in [-0.3, -0.25) is 0 Å². The molecule has 0 bridgehead atoms. The molecule has 1 aromatic carbocycles. The largest absolute Gasteiger partial charge is 0.0853 e. The first-order chi connectivity index (χ1) is 10.0. The summed E-state index contributed by atoms with van der Waals surface area (Å²) >= 11 is 0. The molecule has 0 spiro atoms. The molecule has 0 nitrogen and oxygen atoms in total. The van der Waals surface area contributed by atoms with E-state index in [0.717, 1.165) is 0 Å². The number of benzene rings is 1. The van der Waals surface area contributed by atoms with Crippen LogP contribution in [-0.2, 0) is 16.2 Å². The zero-order valence-electron chi connectivity index (χ0n) is 15.6. The second-order valence-corrected chi connectivity index (χ2v) is 14.9. The van der Waals surface area contributed by atoms with Gasteiger partial charge < -0.3 is 0 Å². The number of hydrogen-bond acceptors (Lipinski definition) is 0. The van der Waals surface area contributed by atoms with E-state index in [2.05, 4.69) is 54.2 Å². The molecule has 0 saturated carbocycles. The molecule has 4 rings (SSSR count). The van der Waals surface area contributed by atoms with E-state index < -0.39 is 8.07 Å². The minimum atomic E-state index is -1.27. The summed E-state index contributed by atoms with van der Waals surface area (Å²) in [6.07, 6.45) is 4.20. The van der Waals surface area contributed by atoms with Gasteiger partial charge >= 0.3 is 0 Å². The SMILES string of the molecule is Cc1cc2c3c4c1C(C)(C)C[Si]4(C)CCC3(C)CCC2(C)C. The minimum absolute atomic E-state index is 0.369. The van der Waals surface area contributed by atoms with Crippen molar-refractivity contribution >= 4 is 13.3 Å². The van der Waals surface area contributed by atoms with Gasteiger partial charge in [-0.2, -0.15) is 0 Å². The Labute approximate surface area is 137 Å². The van der Waals surface area contributed by atoms with Gasteiger partial charge in [0.05, 0.1) is 8.07 Å². The predicted molar refractivity (Wildman–Crippen MR) is 99.3 cm³/mol. The highest BCUT2D eigenvalue weighted by molar-refractivity contribution is 6.93. The molecule has 1 aromatic rings. The lowest BCUT2D eigenvalue weighted by Crippen LogP contribution is -2.55. The van der Waals surface area contributed by atoms with E-state index in [1.54, 1.807) is 16.7 Å². The molecule has 2 atom stereocenters. The summed E-state index contributed by atoms with van der Waals surface area (Å²) in [5, 5.41) is 1.93. The first kappa shape index (κ1) is 15.0. The average molecular weight is 313 g/mol. The van der Waals surface area contributed by atoms with E-state index in [-0.39, 0.29) is 0 Å². The number of rotatable bonds is 0. The normalized spacial score (nSPS) is 37.0. The van der Waals surface area contributed by atoms with Crippen molar-refractivity contribution in [2.45, 2.75) is 95.7 Å². The van der Waals surface area contributed by atoms with Crippen LogP contribution in [-0.4, -0.2) is 8.07 Å². The Morgan fingerprint density at radius 1 is 0.909 bits per heavy atom. The van der Waals surface area contributed by atoms with Gasteiger partial charge in [0.2, 0.25) is 0 Å². The van der Waals surface area contributed by atoms with Crippen LogP contribution in [0.25, 0.3) is 0 Å². The van der Waals surface area contributed by atoms with Gasteiger partial charge in [-0.15, -0.1) is 0 Å². The highest BCUT2D eigenvalue weighted by Crippen LogP contribution is 2.56. The monoisotopic (exact) mass is 312 g/mol. The van der Waals surface area contributed by atoms with Crippen LogP contribution in [0.3, 0.4) is 0 Å². The molecule has 0 radical (unpaired) electrons. The fraction of sp³-hybridized carbons (Fsp3) is 0.714. The molecule has 0 saturated heterocycles. The second kappa shape index (κ2) is 3.91. The van der Waals surface area contributed by atoms with E-state index >= 15 is 0 Å². The predicted octanol–water partition coefficient (Wildman–Crippen LogP) is 5.30. The van der Waals surface area contributed by atoms with Crippen molar-refractivity contribution in [3.05, 3.63) is 28.3 Å². The summed E-state index contributed by atoms with van der Waals surface area (Å²) in [6.45, 7) is 17.7. The van der Waals surface area contributed by atoms with Crippen molar-refractivity contribution in [1.29, 1.82) is 0 Å². The number of hydrogen-bond donors (Lipinski definition) is 0. The Kier molecular flexibility index (Phi) is 2.66. The highest BCUT2D eigenvalue weighted by atomic mass is 28.3. The Balaban J connectivity index is 2.16. The summed E-state index contributed by atoms with van der Waals surface area (Å²) in [6, 6.07) is 5.60. The molecule has 0 aromatic heterocycles. The molecule has 0 amide bonds. The lowest BCUT2D eigenvalue weighted by molar-refractivity contribution is 0.302. The zero-order chi connectivity index (χ0) is 16.1.